The Morgan fingerprint density at radius 2 is 1.53 bits per heavy atom. The molecule has 2 aromatic rings. The fourth-order valence-corrected chi connectivity index (χ4v) is 4.20. The van der Waals surface area contributed by atoms with Gasteiger partial charge in [0, 0.05) is 35.7 Å². The standard InChI is InChI=1S/C26H31NO3/c1-17(13-15-27-18(2)28)8-7-14-26(3,4)19-11-12-22-23(16-19)25(30)21-10-6-5-9-20(21)24(22)29/h5-6,9-12,16-17H,7-8,13-15H2,1-4H3,(H,27,28). The van der Waals surface area contributed by atoms with Crippen LogP contribution in [0.3, 0.4) is 0 Å². The lowest BCUT2D eigenvalue weighted by molar-refractivity contribution is -0.119. The zero-order valence-electron chi connectivity index (χ0n) is 18.4. The van der Waals surface area contributed by atoms with Crippen LogP contribution in [0.15, 0.2) is 42.5 Å². The second kappa shape index (κ2) is 8.95. The highest BCUT2D eigenvalue weighted by atomic mass is 16.1. The van der Waals surface area contributed by atoms with Crippen molar-refractivity contribution < 1.29 is 14.4 Å². The molecule has 30 heavy (non-hydrogen) atoms. The van der Waals surface area contributed by atoms with E-state index in [-0.39, 0.29) is 22.9 Å². The molecule has 1 atom stereocenters. The third-order valence-electron chi connectivity index (χ3n) is 6.22. The average Bonchev–Trinajstić information content (AvgIpc) is 2.71. The van der Waals surface area contributed by atoms with E-state index < -0.39 is 0 Å². The number of fused-ring (bicyclic) bond motifs is 2. The molecule has 1 aliphatic carbocycles. The first-order valence-corrected chi connectivity index (χ1v) is 10.8. The molecule has 158 valence electrons. The van der Waals surface area contributed by atoms with E-state index in [0.717, 1.165) is 37.8 Å². The van der Waals surface area contributed by atoms with Gasteiger partial charge in [0.1, 0.15) is 0 Å². The summed E-state index contributed by atoms with van der Waals surface area (Å²) in [5, 5.41) is 2.85. The smallest absolute Gasteiger partial charge is 0.216 e. The van der Waals surface area contributed by atoms with E-state index >= 15 is 0 Å². The number of carbonyl (C=O) groups is 3. The summed E-state index contributed by atoms with van der Waals surface area (Å²) >= 11 is 0. The molecule has 0 aliphatic heterocycles. The van der Waals surface area contributed by atoms with Crippen molar-refractivity contribution in [3.05, 3.63) is 70.3 Å². The third-order valence-corrected chi connectivity index (χ3v) is 6.22. The molecular formula is C26H31NO3. The van der Waals surface area contributed by atoms with Crippen LogP contribution in [0.1, 0.15) is 90.8 Å². The van der Waals surface area contributed by atoms with Crippen LogP contribution in [0.4, 0.5) is 0 Å². The SMILES string of the molecule is CC(=O)NCCC(C)CCCC(C)(C)c1ccc2c(c1)C(=O)c1ccccc1C2=O. The summed E-state index contributed by atoms with van der Waals surface area (Å²) < 4.78 is 0. The van der Waals surface area contributed by atoms with Gasteiger partial charge in [0.2, 0.25) is 5.91 Å². The Kier molecular flexibility index (Phi) is 6.55. The van der Waals surface area contributed by atoms with Gasteiger partial charge in [0.15, 0.2) is 11.6 Å². The molecule has 1 N–H and O–H groups in total. The summed E-state index contributed by atoms with van der Waals surface area (Å²) in [7, 11) is 0. The molecule has 0 heterocycles. The second-order valence-electron chi connectivity index (χ2n) is 9.12. The third kappa shape index (κ3) is 4.69. The number of benzene rings is 2. The molecule has 2 aromatic carbocycles. The Bertz CT molecular complexity index is 974. The highest BCUT2D eigenvalue weighted by Gasteiger charge is 2.31. The number of hydrogen-bond donors (Lipinski definition) is 1. The van der Waals surface area contributed by atoms with Crippen molar-refractivity contribution in [3.8, 4) is 0 Å². The van der Waals surface area contributed by atoms with Crippen molar-refractivity contribution in [2.75, 3.05) is 6.54 Å². The van der Waals surface area contributed by atoms with Gasteiger partial charge < -0.3 is 5.32 Å². The van der Waals surface area contributed by atoms with Crippen LogP contribution in [-0.2, 0) is 10.2 Å². The van der Waals surface area contributed by atoms with Crippen molar-refractivity contribution in [3.63, 3.8) is 0 Å². The summed E-state index contributed by atoms with van der Waals surface area (Å²) in [5.41, 5.74) is 3.02. The van der Waals surface area contributed by atoms with E-state index in [4.69, 9.17) is 0 Å². The molecule has 3 rings (SSSR count). The zero-order chi connectivity index (χ0) is 21.9. The normalized spacial score (nSPS) is 14.1. The molecule has 0 bridgehead atoms. The molecular weight excluding hydrogens is 374 g/mol. The zero-order valence-corrected chi connectivity index (χ0v) is 18.4. The number of nitrogens with one attached hydrogen (secondary N) is 1. The van der Waals surface area contributed by atoms with Gasteiger partial charge in [-0.15, -0.1) is 0 Å². The van der Waals surface area contributed by atoms with Crippen LogP contribution >= 0.6 is 0 Å². The Balaban J connectivity index is 1.68. The molecule has 0 fully saturated rings. The quantitative estimate of drug-likeness (QED) is 0.569. The predicted octanol–water partition coefficient (Wildman–Crippen LogP) is 5.07. The van der Waals surface area contributed by atoms with Crippen molar-refractivity contribution >= 4 is 17.5 Å². The lowest BCUT2D eigenvalue weighted by Crippen LogP contribution is -2.24. The van der Waals surface area contributed by atoms with Crippen molar-refractivity contribution in [1.29, 1.82) is 0 Å². The predicted molar refractivity (Wildman–Crippen MR) is 119 cm³/mol. The Morgan fingerprint density at radius 1 is 0.933 bits per heavy atom. The first-order chi connectivity index (χ1) is 14.2. The molecule has 0 spiro atoms. The van der Waals surface area contributed by atoms with Gasteiger partial charge in [-0.2, -0.15) is 0 Å². The van der Waals surface area contributed by atoms with Gasteiger partial charge in [-0.05, 0) is 41.9 Å². The number of carbonyl (C=O) groups excluding carboxylic acids is 3. The van der Waals surface area contributed by atoms with Crippen molar-refractivity contribution in [1.82, 2.24) is 5.32 Å². The minimum Gasteiger partial charge on any atom is -0.356 e. The molecule has 1 amide bonds. The van der Waals surface area contributed by atoms with Crippen molar-refractivity contribution in [2.45, 2.75) is 58.8 Å². The van der Waals surface area contributed by atoms with Crippen LogP contribution in [0.2, 0.25) is 0 Å². The van der Waals surface area contributed by atoms with Gasteiger partial charge in [0.25, 0.3) is 0 Å². The minimum absolute atomic E-state index is 0.0198. The molecule has 0 saturated heterocycles. The van der Waals surface area contributed by atoms with E-state index in [1.54, 1.807) is 31.2 Å². The molecule has 1 aliphatic rings. The Hall–Kier alpha value is -2.75. The molecule has 0 aromatic heterocycles. The van der Waals surface area contributed by atoms with Crippen molar-refractivity contribution in [2.24, 2.45) is 5.92 Å². The van der Waals surface area contributed by atoms with Gasteiger partial charge in [0.05, 0.1) is 0 Å². The van der Waals surface area contributed by atoms with Crippen LogP contribution in [0, 0.1) is 5.92 Å². The highest BCUT2D eigenvalue weighted by molar-refractivity contribution is 6.28. The molecule has 0 saturated carbocycles. The maximum absolute atomic E-state index is 13.0. The topological polar surface area (TPSA) is 63.2 Å². The van der Waals surface area contributed by atoms with Gasteiger partial charge in [-0.25, -0.2) is 0 Å². The van der Waals surface area contributed by atoms with Crippen LogP contribution < -0.4 is 5.32 Å². The van der Waals surface area contributed by atoms with Crippen LogP contribution in [-0.4, -0.2) is 24.0 Å². The lowest BCUT2D eigenvalue weighted by Gasteiger charge is -2.28. The first-order valence-electron chi connectivity index (χ1n) is 10.8. The average molecular weight is 406 g/mol. The fraction of sp³-hybridized carbons (Fsp3) is 0.423. The largest absolute Gasteiger partial charge is 0.356 e. The van der Waals surface area contributed by atoms with Crippen LogP contribution in [0.25, 0.3) is 0 Å². The second-order valence-corrected chi connectivity index (χ2v) is 9.12. The van der Waals surface area contributed by atoms with E-state index in [2.05, 4.69) is 26.1 Å². The summed E-state index contributed by atoms with van der Waals surface area (Å²) in [6.45, 7) is 8.87. The maximum atomic E-state index is 13.0. The fourth-order valence-electron chi connectivity index (χ4n) is 4.20. The molecule has 1 unspecified atom stereocenters. The Labute approximate surface area is 179 Å². The van der Waals surface area contributed by atoms with E-state index in [1.807, 2.05) is 18.2 Å². The summed E-state index contributed by atoms with van der Waals surface area (Å²) in [6.07, 6.45) is 4.14. The number of amides is 1. The first kappa shape index (κ1) is 21.9. The van der Waals surface area contributed by atoms with Gasteiger partial charge >= 0.3 is 0 Å². The summed E-state index contributed by atoms with van der Waals surface area (Å²) in [4.78, 5) is 36.8. The van der Waals surface area contributed by atoms with Crippen LogP contribution in [0.5, 0.6) is 0 Å². The molecule has 4 nitrogen and oxygen atoms in total. The maximum Gasteiger partial charge on any atom is 0.216 e. The monoisotopic (exact) mass is 405 g/mol. The number of ketones is 2. The summed E-state index contributed by atoms with van der Waals surface area (Å²) in [5.74, 6) is 0.431. The lowest BCUT2D eigenvalue weighted by atomic mass is 9.76. The van der Waals surface area contributed by atoms with Gasteiger partial charge in [-0.3, -0.25) is 14.4 Å². The van der Waals surface area contributed by atoms with E-state index in [9.17, 15) is 14.4 Å². The minimum atomic E-state index is -0.0906. The number of hydrogen-bond acceptors (Lipinski definition) is 3. The Morgan fingerprint density at radius 3 is 2.17 bits per heavy atom. The number of rotatable bonds is 8. The van der Waals surface area contributed by atoms with Gasteiger partial charge in [-0.1, -0.05) is 63.9 Å². The highest BCUT2D eigenvalue weighted by Crippen LogP contribution is 2.34. The summed E-state index contributed by atoms with van der Waals surface area (Å²) in [6, 6.07) is 12.8. The molecule has 0 radical (unpaired) electrons. The molecule has 4 heteroatoms. The van der Waals surface area contributed by atoms with E-state index in [0.29, 0.717) is 28.2 Å². The van der Waals surface area contributed by atoms with E-state index in [1.165, 1.54) is 0 Å².